The minimum absolute atomic E-state index is 0.00381. The van der Waals surface area contributed by atoms with Gasteiger partial charge in [0.1, 0.15) is 29.5 Å². The summed E-state index contributed by atoms with van der Waals surface area (Å²) in [7, 11) is 0. The minimum atomic E-state index is -0.781. The van der Waals surface area contributed by atoms with E-state index in [4.69, 9.17) is 43.2 Å². The second kappa shape index (κ2) is 30.0. The Bertz CT molecular complexity index is 1990. The highest BCUT2D eigenvalue weighted by Gasteiger charge is 2.35. The van der Waals surface area contributed by atoms with Crippen LogP contribution in [-0.2, 0) is 38.5 Å². The average Bonchev–Trinajstić information content (AvgIpc) is 3.37. The van der Waals surface area contributed by atoms with Crippen LogP contribution in [0.2, 0.25) is 0 Å². The van der Waals surface area contributed by atoms with Crippen molar-refractivity contribution >= 4 is 24.2 Å². The molecule has 0 radical (unpaired) electrons. The summed E-state index contributed by atoms with van der Waals surface area (Å²) in [4.78, 5) is 68.8. The SMILES string of the molecule is C=CC(=O)OCCCCCCOc1ccc(OOCC2CCC(C(=O)Oc3ccc(C(OO)C4CCC([C@H](OO)c5ccc(OCCCCCCOC(=O)C=C)cc5)CC4)c(C=O)c3)CC2)cc1. The largest absolute Gasteiger partial charge is 0.494 e. The lowest BCUT2D eigenvalue weighted by Crippen LogP contribution is -2.27. The number of ether oxygens (including phenoxy) is 5. The van der Waals surface area contributed by atoms with E-state index in [1.165, 1.54) is 6.07 Å². The van der Waals surface area contributed by atoms with E-state index in [2.05, 4.69) is 13.2 Å². The molecule has 5 rings (SSSR count). The van der Waals surface area contributed by atoms with E-state index in [1.807, 2.05) is 36.4 Å². The Hall–Kier alpha value is -5.58. The fourth-order valence-corrected chi connectivity index (χ4v) is 8.81. The van der Waals surface area contributed by atoms with E-state index in [-0.39, 0.29) is 41.0 Å². The molecule has 370 valence electrons. The highest BCUT2D eigenvalue weighted by atomic mass is 17.2. The molecule has 0 amide bonds. The maximum Gasteiger partial charge on any atom is 0.330 e. The van der Waals surface area contributed by atoms with Gasteiger partial charge in [-0.2, -0.15) is 4.89 Å². The van der Waals surface area contributed by atoms with Crippen molar-refractivity contribution in [1.82, 2.24) is 0 Å². The van der Waals surface area contributed by atoms with Crippen LogP contribution in [0.4, 0.5) is 0 Å². The van der Waals surface area contributed by atoms with Crippen molar-refractivity contribution in [3.63, 3.8) is 0 Å². The van der Waals surface area contributed by atoms with Crippen LogP contribution in [-0.4, -0.2) is 67.7 Å². The quantitative estimate of drug-likeness (QED) is 0.0118. The first-order valence-electron chi connectivity index (χ1n) is 24.0. The van der Waals surface area contributed by atoms with E-state index in [0.717, 1.165) is 93.4 Å². The summed E-state index contributed by atoms with van der Waals surface area (Å²) in [5.74, 6) is 0.911. The molecule has 3 aromatic rings. The average molecular weight is 945 g/mol. The van der Waals surface area contributed by atoms with Crippen LogP contribution >= 0.6 is 0 Å². The van der Waals surface area contributed by atoms with E-state index in [9.17, 15) is 29.7 Å². The summed E-state index contributed by atoms with van der Waals surface area (Å²) in [6.45, 7) is 9.07. The summed E-state index contributed by atoms with van der Waals surface area (Å²) in [6.07, 6.45) is 14.3. The Kier molecular flexibility index (Phi) is 23.6. The van der Waals surface area contributed by atoms with Crippen molar-refractivity contribution in [2.24, 2.45) is 23.7 Å². The van der Waals surface area contributed by atoms with Gasteiger partial charge in [-0.3, -0.25) is 20.1 Å². The molecule has 15 heteroatoms. The molecule has 0 saturated heterocycles. The molecule has 15 nitrogen and oxygen atoms in total. The molecule has 2 N–H and O–H groups in total. The molecule has 0 heterocycles. The van der Waals surface area contributed by atoms with Gasteiger partial charge in [-0.15, -0.1) is 0 Å². The molecule has 0 aromatic heterocycles. The zero-order chi connectivity index (χ0) is 48.4. The molecule has 68 heavy (non-hydrogen) atoms. The van der Waals surface area contributed by atoms with Crippen LogP contribution < -0.4 is 19.1 Å². The summed E-state index contributed by atoms with van der Waals surface area (Å²) in [5.41, 5.74) is 1.59. The molecule has 0 spiro atoms. The highest BCUT2D eigenvalue weighted by molar-refractivity contribution is 5.81. The van der Waals surface area contributed by atoms with Crippen molar-refractivity contribution < 1.29 is 72.9 Å². The topological polar surface area (TPSA) is 192 Å². The van der Waals surface area contributed by atoms with E-state index in [0.29, 0.717) is 89.2 Å². The molecule has 2 fully saturated rings. The molecular weight excluding hydrogens is 877 g/mol. The van der Waals surface area contributed by atoms with Crippen molar-refractivity contribution in [2.45, 2.75) is 115 Å². The highest BCUT2D eigenvalue weighted by Crippen LogP contribution is 2.44. The molecule has 2 atom stereocenters. The molecule has 2 saturated carbocycles. The smallest absolute Gasteiger partial charge is 0.330 e. The van der Waals surface area contributed by atoms with Gasteiger partial charge in [0.2, 0.25) is 0 Å². The maximum absolute atomic E-state index is 13.2. The van der Waals surface area contributed by atoms with Crippen LogP contribution in [0, 0.1) is 23.7 Å². The lowest BCUT2D eigenvalue weighted by Gasteiger charge is -2.35. The molecular formula is C53H68O15. The number of hydrogen-bond donors (Lipinski definition) is 2. The van der Waals surface area contributed by atoms with Crippen LogP contribution in [0.3, 0.4) is 0 Å². The van der Waals surface area contributed by atoms with E-state index in [1.54, 1.807) is 24.3 Å². The Labute approximate surface area is 399 Å². The predicted molar refractivity (Wildman–Crippen MR) is 251 cm³/mol. The number of carbonyl (C=O) groups is 4. The summed E-state index contributed by atoms with van der Waals surface area (Å²) >= 11 is 0. The Morgan fingerprint density at radius 1 is 0.588 bits per heavy atom. The normalized spacial score (nSPS) is 18.9. The van der Waals surface area contributed by atoms with E-state index >= 15 is 0 Å². The second-order valence-corrected chi connectivity index (χ2v) is 17.5. The molecule has 0 aliphatic heterocycles. The van der Waals surface area contributed by atoms with Gasteiger partial charge in [-0.25, -0.2) is 19.4 Å². The predicted octanol–water partition coefficient (Wildman–Crippen LogP) is 11.1. The fraction of sp³-hybridized carbons (Fsp3) is 0.509. The van der Waals surface area contributed by atoms with Crippen LogP contribution in [0.5, 0.6) is 23.0 Å². The van der Waals surface area contributed by atoms with Gasteiger partial charge in [0.15, 0.2) is 12.0 Å². The van der Waals surface area contributed by atoms with Crippen molar-refractivity contribution in [3.05, 3.63) is 109 Å². The third kappa shape index (κ3) is 17.8. The molecule has 1 unspecified atom stereocenters. The molecule has 0 bridgehead atoms. The second-order valence-electron chi connectivity index (χ2n) is 17.5. The minimum Gasteiger partial charge on any atom is -0.494 e. The van der Waals surface area contributed by atoms with Gasteiger partial charge in [0.25, 0.3) is 0 Å². The molecule has 2 aliphatic rings. The van der Waals surface area contributed by atoms with Gasteiger partial charge >= 0.3 is 17.9 Å². The first kappa shape index (κ1) is 53.4. The van der Waals surface area contributed by atoms with Crippen molar-refractivity contribution in [3.8, 4) is 23.0 Å². The lowest BCUT2D eigenvalue weighted by atomic mass is 9.74. The van der Waals surface area contributed by atoms with Gasteiger partial charge < -0.3 is 28.6 Å². The first-order valence-corrected chi connectivity index (χ1v) is 24.0. The summed E-state index contributed by atoms with van der Waals surface area (Å²) in [5, 5.41) is 20.1. The number of aldehydes is 1. The Balaban J connectivity index is 0.976. The van der Waals surface area contributed by atoms with Crippen LogP contribution in [0.25, 0.3) is 0 Å². The number of hydrogen-bond acceptors (Lipinski definition) is 15. The number of benzene rings is 3. The van der Waals surface area contributed by atoms with Crippen molar-refractivity contribution in [2.75, 3.05) is 33.0 Å². The van der Waals surface area contributed by atoms with Gasteiger partial charge in [0.05, 0.1) is 39.0 Å². The Morgan fingerprint density at radius 3 is 1.59 bits per heavy atom. The third-order valence-corrected chi connectivity index (χ3v) is 12.7. The molecule has 2 aliphatic carbocycles. The molecule has 3 aromatic carbocycles. The zero-order valence-electron chi connectivity index (χ0n) is 39.0. The summed E-state index contributed by atoms with van der Waals surface area (Å²) < 4.78 is 27.4. The zero-order valence-corrected chi connectivity index (χ0v) is 39.0. The number of carbonyl (C=O) groups excluding carboxylic acids is 4. The monoisotopic (exact) mass is 944 g/mol. The summed E-state index contributed by atoms with van der Waals surface area (Å²) in [6, 6.07) is 19.5. The van der Waals surface area contributed by atoms with Crippen LogP contribution in [0.1, 0.15) is 136 Å². The Morgan fingerprint density at radius 2 is 1.07 bits per heavy atom. The van der Waals surface area contributed by atoms with Crippen molar-refractivity contribution in [1.29, 1.82) is 0 Å². The number of unbranched alkanes of at least 4 members (excludes halogenated alkanes) is 6. The van der Waals surface area contributed by atoms with Gasteiger partial charge in [-0.05, 0) is 180 Å². The number of esters is 3. The lowest BCUT2D eigenvalue weighted by molar-refractivity contribution is -0.305. The standard InChI is InChI=1S/C53H68O15/c1-3-49(55)62-33-11-7-5-9-31-60-44-23-21-40(22-24-44)51(66-58)39-17-19-41(20-18-39)52(67-59)48-30-29-47(35-43(48)36-54)65-53(57)42-15-13-38(14-16-42)37-64-68-46-27-25-45(26-28-46)61-32-10-6-8-12-34-63-50(56)4-2/h3-4,21-30,35-36,38-39,41-42,51-52,58-59H,1-2,5-20,31-34,37H2/t38?,39?,41?,42?,51-,52?/m0/s1. The number of rotatable bonds is 31. The van der Waals surface area contributed by atoms with Gasteiger partial charge in [0, 0.05) is 17.7 Å². The van der Waals surface area contributed by atoms with Crippen LogP contribution in [0.15, 0.2) is 92.0 Å². The van der Waals surface area contributed by atoms with Gasteiger partial charge in [-0.1, -0.05) is 31.4 Å². The van der Waals surface area contributed by atoms with E-state index < -0.39 is 24.1 Å². The maximum atomic E-state index is 13.2. The first-order chi connectivity index (χ1) is 33.2. The fourth-order valence-electron chi connectivity index (χ4n) is 8.81. The third-order valence-electron chi connectivity index (χ3n) is 12.7.